The van der Waals surface area contributed by atoms with Crippen LogP contribution in [-0.2, 0) is 4.79 Å². The number of hydrogen-bond acceptors (Lipinski definition) is 2. The molecule has 21 heavy (non-hydrogen) atoms. The van der Waals surface area contributed by atoms with E-state index < -0.39 is 0 Å². The average Bonchev–Trinajstić information content (AvgIpc) is 2.51. The van der Waals surface area contributed by atoms with Crippen molar-refractivity contribution in [2.75, 3.05) is 13.1 Å². The predicted octanol–water partition coefficient (Wildman–Crippen LogP) is 4.82. The average molecular weight is 293 g/mol. The Morgan fingerprint density at radius 2 is 1.57 bits per heavy atom. The van der Waals surface area contributed by atoms with Gasteiger partial charge in [-0.15, -0.1) is 0 Å². The molecule has 3 aliphatic rings. The molecule has 1 atom stereocenters. The number of hydrogen-bond donors (Lipinski definition) is 0. The highest BCUT2D eigenvalue weighted by Gasteiger charge is 2.41. The number of carbonyl (C=O) groups excluding carboxylic acids is 1. The summed E-state index contributed by atoms with van der Waals surface area (Å²) in [5.74, 6) is 1.78. The zero-order valence-electron chi connectivity index (χ0n) is 14.3. The second kappa shape index (κ2) is 8.92. The maximum atomic E-state index is 12.5. The molecule has 3 aliphatic heterocycles. The topological polar surface area (TPSA) is 20.3 Å². The minimum absolute atomic E-state index is 0.283. The number of Topliss-reactive ketones (excluding diaryl/α,β-unsaturated/α-hetero) is 1. The molecule has 0 aromatic rings. The normalized spacial score (nSPS) is 28.5. The first kappa shape index (κ1) is 17.0. The second-order valence-electron chi connectivity index (χ2n) is 7.32. The van der Waals surface area contributed by atoms with Gasteiger partial charge in [0, 0.05) is 5.92 Å². The summed E-state index contributed by atoms with van der Waals surface area (Å²) in [5, 5.41) is 0. The minimum atomic E-state index is 0.283. The van der Waals surface area contributed by atoms with Crippen LogP contribution in [0.2, 0.25) is 0 Å². The van der Waals surface area contributed by atoms with E-state index in [0.717, 1.165) is 25.2 Å². The predicted molar refractivity (Wildman–Crippen MR) is 89.5 cm³/mol. The van der Waals surface area contributed by atoms with Crippen molar-refractivity contribution in [2.45, 2.75) is 90.5 Å². The lowest BCUT2D eigenvalue weighted by Gasteiger charge is -2.45. The summed E-state index contributed by atoms with van der Waals surface area (Å²) in [7, 11) is 0. The molecule has 0 aromatic heterocycles. The first-order chi connectivity index (χ1) is 10.3. The van der Waals surface area contributed by atoms with Gasteiger partial charge in [0.2, 0.25) is 0 Å². The molecular weight excluding hydrogens is 258 g/mol. The standard InChI is InChI=1S/C19H35NO/c1-3-5-7-9-16(10-8-6-4-2)15-18-19(21)17-11-13-20(18)14-12-17/h16-18H,3-15H2,1-2H3. The fourth-order valence-electron chi connectivity index (χ4n) is 4.27. The molecule has 2 bridgehead atoms. The summed E-state index contributed by atoms with van der Waals surface area (Å²) in [5.41, 5.74) is 0. The second-order valence-corrected chi connectivity index (χ2v) is 7.32. The Morgan fingerprint density at radius 3 is 2.05 bits per heavy atom. The van der Waals surface area contributed by atoms with Gasteiger partial charge < -0.3 is 0 Å². The monoisotopic (exact) mass is 293 g/mol. The summed E-state index contributed by atoms with van der Waals surface area (Å²) in [6.07, 6.45) is 14.1. The zero-order chi connectivity index (χ0) is 15.1. The molecule has 2 nitrogen and oxygen atoms in total. The van der Waals surface area contributed by atoms with Crippen molar-refractivity contribution in [3.8, 4) is 0 Å². The Labute approximate surface area is 131 Å². The number of unbranched alkanes of at least 4 members (excludes halogenated alkanes) is 4. The highest BCUT2D eigenvalue weighted by atomic mass is 16.1. The van der Waals surface area contributed by atoms with Gasteiger partial charge >= 0.3 is 0 Å². The molecule has 122 valence electrons. The Balaban J connectivity index is 1.85. The first-order valence-electron chi connectivity index (χ1n) is 9.54. The van der Waals surface area contributed by atoms with Gasteiger partial charge in [-0.3, -0.25) is 9.69 Å². The van der Waals surface area contributed by atoms with Gasteiger partial charge in [0.05, 0.1) is 6.04 Å². The van der Waals surface area contributed by atoms with Gasteiger partial charge in [0.15, 0.2) is 5.78 Å². The number of rotatable bonds is 10. The number of piperidine rings is 3. The van der Waals surface area contributed by atoms with Gasteiger partial charge in [-0.25, -0.2) is 0 Å². The maximum Gasteiger partial charge on any atom is 0.153 e. The molecule has 2 heteroatoms. The summed E-state index contributed by atoms with van der Waals surface area (Å²) < 4.78 is 0. The molecule has 0 saturated carbocycles. The van der Waals surface area contributed by atoms with E-state index in [1.54, 1.807) is 0 Å². The van der Waals surface area contributed by atoms with Crippen LogP contribution in [0.4, 0.5) is 0 Å². The van der Waals surface area contributed by atoms with Crippen LogP contribution >= 0.6 is 0 Å². The number of ketones is 1. The minimum Gasteiger partial charge on any atom is -0.298 e. The maximum absolute atomic E-state index is 12.5. The van der Waals surface area contributed by atoms with E-state index in [4.69, 9.17) is 0 Å². The van der Waals surface area contributed by atoms with Crippen molar-refractivity contribution in [1.82, 2.24) is 4.90 Å². The highest BCUT2D eigenvalue weighted by molar-refractivity contribution is 5.87. The summed E-state index contributed by atoms with van der Waals surface area (Å²) >= 11 is 0. The van der Waals surface area contributed by atoms with Crippen LogP contribution in [0.1, 0.15) is 84.5 Å². The Morgan fingerprint density at radius 1 is 1.00 bits per heavy atom. The van der Waals surface area contributed by atoms with E-state index in [1.165, 1.54) is 64.5 Å². The number of carbonyl (C=O) groups is 1. The van der Waals surface area contributed by atoms with Crippen molar-refractivity contribution in [3.05, 3.63) is 0 Å². The summed E-state index contributed by atoms with van der Waals surface area (Å²) in [4.78, 5) is 15.0. The fourth-order valence-corrected chi connectivity index (χ4v) is 4.27. The first-order valence-corrected chi connectivity index (χ1v) is 9.54. The fraction of sp³-hybridized carbons (Fsp3) is 0.947. The van der Waals surface area contributed by atoms with Crippen LogP contribution in [0.15, 0.2) is 0 Å². The summed E-state index contributed by atoms with van der Waals surface area (Å²) in [6, 6.07) is 0.283. The van der Waals surface area contributed by atoms with Gasteiger partial charge in [0.1, 0.15) is 0 Å². The Bertz CT molecular complexity index is 297. The zero-order valence-corrected chi connectivity index (χ0v) is 14.3. The van der Waals surface area contributed by atoms with Gasteiger partial charge in [-0.2, -0.15) is 0 Å². The van der Waals surface area contributed by atoms with Crippen molar-refractivity contribution < 1.29 is 4.79 Å². The number of fused-ring (bicyclic) bond motifs is 3. The molecule has 0 aliphatic carbocycles. The smallest absolute Gasteiger partial charge is 0.153 e. The van der Waals surface area contributed by atoms with Gasteiger partial charge in [0.25, 0.3) is 0 Å². The van der Waals surface area contributed by atoms with Crippen LogP contribution in [0.25, 0.3) is 0 Å². The summed E-state index contributed by atoms with van der Waals surface area (Å²) in [6.45, 7) is 6.91. The lowest BCUT2D eigenvalue weighted by molar-refractivity contribution is -0.137. The molecule has 1 unspecified atom stereocenters. The molecule has 3 heterocycles. The molecule has 0 N–H and O–H groups in total. The molecule has 3 fully saturated rings. The Kier molecular flexibility index (Phi) is 7.22. The lowest BCUT2D eigenvalue weighted by atomic mass is 9.77. The Hall–Kier alpha value is -0.370. The third kappa shape index (κ3) is 4.81. The van der Waals surface area contributed by atoms with E-state index in [1.807, 2.05) is 0 Å². The molecular formula is C19H35NO. The van der Waals surface area contributed by atoms with Crippen LogP contribution in [0, 0.1) is 11.8 Å². The van der Waals surface area contributed by atoms with Crippen LogP contribution in [0.3, 0.4) is 0 Å². The third-order valence-electron chi connectivity index (χ3n) is 5.69. The molecule has 0 amide bonds. The van der Waals surface area contributed by atoms with Crippen LogP contribution in [-0.4, -0.2) is 29.8 Å². The van der Waals surface area contributed by atoms with Crippen molar-refractivity contribution in [3.63, 3.8) is 0 Å². The lowest BCUT2D eigenvalue weighted by Crippen LogP contribution is -2.55. The molecule has 3 saturated heterocycles. The van der Waals surface area contributed by atoms with E-state index in [-0.39, 0.29) is 6.04 Å². The van der Waals surface area contributed by atoms with Crippen molar-refractivity contribution in [2.24, 2.45) is 11.8 Å². The van der Waals surface area contributed by atoms with E-state index in [9.17, 15) is 4.79 Å². The SMILES string of the molecule is CCCCCC(CCCCC)CC1C(=O)C2CCN1CC2. The van der Waals surface area contributed by atoms with Gasteiger partial charge in [-0.1, -0.05) is 65.2 Å². The van der Waals surface area contributed by atoms with E-state index in [2.05, 4.69) is 18.7 Å². The molecule has 3 rings (SSSR count). The number of nitrogens with zero attached hydrogens (tertiary/aromatic N) is 1. The molecule has 0 spiro atoms. The quantitative estimate of drug-likeness (QED) is 0.538. The van der Waals surface area contributed by atoms with Crippen LogP contribution in [0.5, 0.6) is 0 Å². The third-order valence-corrected chi connectivity index (χ3v) is 5.69. The van der Waals surface area contributed by atoms with E-state index in [0.29, 0.717) is 11.7 Å². The van der Waals surface area contributed by atoms with Crippen LogP contribution < -0.4 is 0 Å². The van der Waals surface area contributed by atoms with Gasteiger partial charge in [-0.05, 0) is 38.3 Å². The molecule has 0 radical (unpaired) electrons. The molecule has 0 aromatic carbocycles. The van der Waals surface area contributed by atoms with E-state index >= 15 is 0 Å². The van der Waals surface area contributed by atoms with Crippen molar-refractivity contribution in [1.29, 1.82) is 0 Å². The highest BCUT2D eigenvalue weighted by Crippen LogP contribution is 2.34. The largest absolute Gasteiger partial charge is 0.298 e. The van der Waals surface area contributed by atoms with Crippen molar-refractivity contribution >= 4 is 5.78 Å².